The molecule has 0 N–H and O–H groups in total. The molecule has 0 amide bonds. The van der Waals surface area contributed by atoms with Crippen LogP contribution in [0.4, 0.5) is 0 Å². The zero-order valence-corrected chi connectivity index (χ0v) is 14.8. The highest BCUT2D eigenvalue weighted by molar-refractivity contribution is 9.11. The topological polar surface area (TPSA) is 50.3 Å². The quantitative estimate of drug-likeness (QED) is 0.797. The Hall–Kier alpha value is -0.280. The molecule has 8 heteroatoms. The van der Waals surface area contributed by atoms with Crippen molar-refractivity contribution in [2.45, 2.75) is 30.1 Å². The highest BCUT2D eigenvalue weighted by atomic mass is 79.9. The molecule has 1 fully saturated rings. The summed E-state index contributed by atoms with van der Waals surface area (Å²) in [4.78, 5) is 4.19. The van der Waals surface area contributed by atoms with E-state index in [1.54, 1.807) is 22.6 Å². The summed E-state index contributed by atoms with van der Waals surface area (Å²) in [5.41, 5.74) is 1.81. The van der Waals surface area contributed by atoms with E-state index in [0.717, 1.165) is 27.9 Å². The molecule has 0 aromatic carbocycles. The van der Waals surface area contributed by atoms with Crippen molar-refractivity contribution >= 4 is 48.6 Å². The van der Waals surface area contributed by atoms with E-state index in [9.17, 15) is 8.42 Å². The van der Waals surface area contributed by atoms with Gasteiger partial charge in [0.2, 0.25) is 4.34 Å². The molecule has 2 aromatic rings. The molecule has 3 rings (SSSR count). The standard InChI is InChI=1S/C12H13BrN2O2S3/c1-8-11(13)19-12(14-8)20(16,17)15-5-2-3-10(15)9-4-6-18-7-9/h4,6-7,10H,2-3,5H2,1H3. The van der Waals surface area contributed by atoms with Gasteiger partial charge >= 0.3 is 0 Å². The van der Waals surface area contributed by atoms with Crippen LogP contribution >= 0.6 is 38.6 Å². The third-order valence-electron chi connectivity index (χ3n) is 3.38. The second-order valence-corrected chi connectivity index (χ2v) is 9.83. The maximum Gasteiger partial charge on any atom is 0.270 e. The number of aromatic nitrogens is 1. The summed E-state index contributed by atoms with van der Waals surface area (Å²) < 4.78 is 28.1. The van der Waals surface area contributed by atoms with E-state index in [1.165, 1.54) is 11.3 Å². The van der Waals surface area contributed by atoms with E-state index in [2.05, 4.69) is 20.9 Å². The molecule has 1 aliphatic rings. The SMILES string of the molecule is Cc1nc(S(=O)(=O)N2CCCC2c2ccsc2)sc1Br. The fraction of sp³-hybridized carbons (Fsp3) is 0.417. The zero-order valence-electron chi connectivity index (χ0n) is 10.7. The first-order chi connectivity index (χ1) is 9.50. The monoisotopic (exact) mass is 392 g/mol. The molecule has 4 nitrogen and oxygen atoms in total. The van der Waals surface area contributed by atoms with Gasteiger partial charge in [-0.15, -0.1) is 0 Å². The maximum absolute atomic E-state index is 12.8. The molecule has 0 spiro atoms. The van der Waals surface area contributed by atoms with Gasteiger partial charge in [-0.25, -0.2) is 13.4 Å². The Morgan fingerprint density at radius 2 is 2.30 bits per heavy atom. The summed E-state index contributed by atoms with van der Waals surface area (Å²) in [7, 11) is -3.50. The largest absolute Gasteiger partial charge is 0.270 e. The van der Waals surface area contributed by atoms with E-state index in [4.69, 9.17) is 0 Å². The van der Waals surface area contributed by atoms with Crippen LogP contribution in [0.25, 0.3) is 0 Å². The van der Waals surface area contributed by atoms with Crippen LogP contribution in [-0.2, 0) is 10.0 Å². The number of sulfonamides is 1. The Morgan fingerprint density at radius 1 is 1.50 bits per heavy atom. The molecule has 1 atom stereocenters. The van der Waals surface area contributed by atoms with Gasteiger partial charge in [-0.2, -0.15) is 15.6 Å². The average molecular weight is 393 g/mol. The summed E-state index contributed by atoms with van der Waals surface area (Å²) in [5.74, 6) is 0. The van der Waals surface area contributed by atoms with Gasteiger partial charge in [-0.3, -0.25) is 0 Å². The van der Waals surface area contributed by atoms with Crippen LogP contribution in [0.3, 0.4) is 0 Å². The lowest BCUT2D eigenvalue weighted by molar-refractivity contribution is 0.397. The van der Waals surface area contributed by atoms with Gasteiger partial charge in [0.15, 0.2) is 0 Å². The van der Waals surface area contributed by atoms with Gasteiger partial charge in [0.05, 0.1) is 15.5 Å². The number of halogens is 1. The lowest BCUT2D eigenvalue weighted by atomic mass is 10.1. The van der Waals surface area contributed by atoms with Crippen molar-refractivity contribution in [3.05, 3.63) is 31.9 Å². The summed E-state index contributed by atoms with van der Waals surface area (Å²) >= 11 is 6.13. The number of nitrogens with zero attached hydrogens (tertiary/aromatic N) is 2. The molecule has 20 heavy (non-hydrogen) atoms. The number of hydrogen-bond donors (Lipinski definition) is 0. The summed E-state index contributed by atoms with van der Waals surface area (Å²) in [6.45, 7) is 2.37. The summed E-state index contributed by atoms with van der Waals surface area (Å²) in [6.07, 6.45) is 1.77. The Bertz CT molecular complexity index is 690. The number of hydrogen-bond acceptors (Lipinski definition) is 5. The van der Waals surface area contributed by atoms with Crippen LogP contribution < -0.4 is 0 Å². The molecule has 0 bridgehead atoms. The predicted molar refractivity (Wildman–Crippen MR) is 84.7 cm³/mol. The smallest absolute Gasteiger partial charge is 0.228 e. The van der Waals surface area contributed by atoms with Gasteiger partial charge in [-0.05, 0) is 58.1 Å². The Labute approximate surface area is 134 Å². The Morgan fingerprint density at radius 3 is 2.90 bits per heavy atom. The molecular weight excluding hydrogens is 380 g/mol. The van der Waals surface area contributed by atoms with Crippen LogP contribution in [0.1, 0.15) is 30.1 Å². The van der Waals surface area contributed by atoms with Crippen LogP contribution in [0.2, 0.25) is 0 Å². The second kappa shape index (κ2) is 5.49. The fourth-order valence-corrected chi connectivity index (χ4v) is 6.84. The number of thiophene rings is 1. The van der Waals surface area contributed by atoms with Crippen molar-refractivity contribution in [3.63, 3.8) is 0 Å². The normalized spacial score (nSPS) is 20.6. The third kappa shape index (κ3) is 2.48. The van der Waals surface area contributed by atoms with Gasteiger partial charge in [-0.1, -0.05) is 11.3 Å². The van der Waals surface area contributed by atoms with Crippen molar-refractivity contribution in [2.75, 3.05) is 6.54 Å². The fourth-order valence-electron chi connectivity index (χ4n) is 2.39. The highest BCUT2D eigenvalue weighted by Gasteiger charge is 2.38. The number of aryl methyl sites for hydroxylation is 1. The highest BCUT2D eigenvalue weighted by Crippen LogP contribution is 2.39. The molecule has 0 aliphatic carbocycles. The number of thiazole rings is 1. The Kier molecular flexibility index (Phi) is 4.02. The minimum Gasteiger partial charge on any atom is -0.228 e. The zero-order chi connectivity index (χ0) is 14.3. The van der Waals surface area contributed by atoms with Crippen molar-refractivity contribution in [1.82, 2.24) is 9.29 Å². The lowest BCUT2D eigenvalue weighted by Gasteiger charge is -2.22. The van der Waals surface area contributed by atoms with Crippen molar-refractivity contribution < 1.29 is 8.42 Å². The van der Waals surface area contributed by atoms with Crippen LogP contribution in [-0.4, -0.2) is 24.3 Å². The van der Waals surface area contributed by atoms with Gasteiger partial charge in [0.1, 0.15) is 0 Å². The first-order valence-corrected chi connectivity index (χ1v) is 10.2. The van der Waals surface area contributed by atoms with Gasteiger partial charge < -0.3 is 0 Å². The molecule has 0 radical (unpaired) electrons. The first kappa shape index (κ1) is 14.6. The van der Waals surface area contributed by atoms with Crippen LogP contribution in [0.15, 0.2) is 25.0 Å². The van der Waals surface area contributed by atoms with E-state index in [-0.39, 0.29) is 10.4 Å². The average Bonchev–Trinajstić information content (AvgIpc) is 3.10. The molecule has 1 saturated heterocycles. The Balaban J connectivity index is 1.98. The minimum atomic E-state index is -3.50. The third-order valence-corrected chi connectivity index (χ3v) is 8.35. The minimum absolute atomic E-state index is 0.0470. The molecule has 108 valence electrons. The van der Waals surface area contributed by atoms with E-state index >= 15 is 0 Å². The van der Waals surface area contributed by atoms with E-state index in [0.29, 0.717) is 6.54 Å². The molecule has 2 aromatic heterocycles. The maximum atomic E-state index is 12.8. The number of rotatable bonds is 3. The predicted octanol–water partition coefficient (Wildman–Crippen LogP) is 3.80. The van der Waals surface area contributed by atoms with Crippen molar-refractivity contribution in [2.24, 2.45) is 0 Å². The van der Waals surface area contributed by atoms with E-state index in [1.807, 2.05) is 16.8 Å². The van der Waals surface area contributed by atoms with Gasteiger partial charge in [0, 0.05) is 6.54 Å². The second-order valence-electron chi connectivity index (χ2n) is 4.67. The van der Waals surface area contributed by atoms with Crippen LogP contribution in [0.5, 0.6) is 0 Å². The van der Waals surface area contributed by atoms with E-state index < -0.39 is 10.0 Å². The molecule has 0 saturated carbocycles. The molecular formula is C12H13BrN2O2S3. The lowest BCUT2D eigenvalue weighted by Crippen LogP contribution is -2.30. The first-order valence-electron chi connectivity index (χ1n) is 6.17. The summed E-state index contributed by atoms with van der Waals surface area (Å²) in [6, 6.07) is 1.96. The molecule has 1 aliphatic heterocycles. The molecule has 1 unspecified atom stereocenters. The van der Waals surface area contributed by atoms with Gasteiger partial charge in [0.25, 0.3) is 10.0 Å². The van der Waals surface area contributed by atoms with Crippen molar-refractivity contribution in [1.29, 1.82) is 0 Å². The van der Waals surface area contributed by atoms with Crippen molar-refractivity contribution in [3.8, 4) is 0 Å². The molecule has 3 heterocycles. The van der Waals surface area contributed by atoms with Crippen LogP contribution in [0, 0.1) is 6.92 Å². The summed E-state index contributed by atoms with van der Waals surface area (Å²) in [5, 5.41) is 4.02.